The highest BCUT2D eigenvalue weighted by Gasteiger charge is 2.14. The van der Waals surface area contributed by atoms with Gasteiger partial charge in [-0.15, -0.1) is 0 Å². The van der Waals surface area contributed by atoms with Crippen LogP contribution >= 0.6 is 22.3 Å². The fourth-order valence-electron chi connectivity index (χ4n) is 0.797. The van der Waals surface area contributed by atoms with Crippen LogP contribution in [0.15, 0.2) is 23.1 Å². The Morgan fingerprint density at radius 1 is 1.38 bits per heavy atom. The van der Waals surface area contributed by atoms with Gasteiger partial charge in [0.25, 0.3) is 9.05 Å². The first-order chi connectivity index (χ1) is 5.95. The molecule has 0 radical (unpaired) electrons. The molecule has 0 aromatic heterocycles. The summed E-state index contributed by atoms with van der Waals surface area (Å²) in [5.74, 6) is 0. The quantitative estimate of drug-likeness (QED) is 0.634. The van der Waals surface area contributed by atoms with Crippen molar-refractivity contribution in [3.05, 3.63) is 28.8 Å². The lowest BCUT2D eigenvalue weighted by Crippen LogP contribution is -1.93. The van der Waals surface area contributed by atoms with E-state index >= 15 is 0 Å². The van der Waals surface area contributed by atoms with Gasteiger partial charge in [-0.25, -0.2) is 8.42 Å². The SMILES string of the molecule is N=Cc1ccc(Cl)c(S(=O)(=O)Cl)c1. The number of benzene rings is 1. The number of rotatable bonds is 2. The summed E-state index contributed by atoms with van der Waals surface area (Å²) < 4.78 is 21.9. The molecule has 13 heavy (non-hydrogen) atoms. The van der Waals surface area contributed by atoms with Crippen LogP contribution in [0.4, 0.5) is 0 Å². The molecule has 0 saturated carbocycles. The van der Waals surface area contributed by atoms with Gasteiger partial charge in [0, 0.05) is 16.9 Å². The van der Waals surface area contributed by atoms with E-state index < -0.39 is 9.05 Å². The van der Waals surface area contributed by atoms with Gasteiger partial charge in [0.05, 0.1) is 5.02 Å². The van der Waals surface area contributed by atoms with Crippen molar-refractivity contribution in [1.82, 2.24) is 0 Å². The van der Waals surface area contributed by atoms with Crippen LogP contribution < -0.4 is 0 Å². The highest BCUT2D eigenvalue weighted by molar-refractivity contribution is 8.13. The summed E-state index contributed by atoms with van der Waals surface area (Å²) in [4.78, 5) is -0.170. The van der Waals surface area contributed by atoms with Crippen molar-refractivity contribution < 1.29 is 8.42 Å². The molecule has 6 heteroatoms. The minimum atomic E-state index is -3.83. The maximum Gasteiger partial charge on any atom is 0.262 e. The Balaban J connectivity index is 3.44. The van der Waals surface area contributed by atoms with E-state index in [2.05, 4.69) is 0 Å². The van der Waals surface area contributed by atoms with Crippen LogP contribution in [-0.4, -0.2) is 14.6 Å². The predicted molar refractivity (Wildman–Crippen MR) is 52.4 cm³/mol. The molecule has 1 aromatic rings. The fraction of sp³-hybridized carbons (Fsp3) is 0. The zero-order chi connectivity index (χ0) is 10.1. The first kappa shape index (κ1) is 10.5. The molecule has 0 heterocycles. The molecule has 1 N–H and O–H groups in total. The maximum atomic E-state index is 10.9. The summed E-state index contributed by atoms with van der Waals surface area (Å²) in [5, 5.41) is 6.97. The van der Waals surface area contributed by atoms with E-state index in [4.69, 9.17) is 27.7 Å². The van der Waals surface area contributed by atoms with Crippen molar-refractivity contribution in [2.24, 2.45) is 0 Å². The summed E-state index contributed by atoms with van der Waals surface area (Å²) in [6, 6.07) is 4.16. The standard InChI is InChI=1S/C7H5Cl2NO2S/c8-6-2-1-5(4-10)3-7(6)13(9,11)12/h1-4,10H. The Morgan fingerprint density at radius 3 is 2.46 bits per heavy atom. The fourth-order valence-corrected chi connectivity index (χ4v) is 2.30. The topological polar surface area (TPSA) is 58.0 Å². The number of hydrogen-bond acceptors (Lipinski definition) is 3. The molecule has 0 spiro atoms. The van der Waals surface area contributed by atoms with Crippen molar-refractivity contribution in [3.63, 3.8) is 0 Å². The molecular weight excluding hydrogens is 233 g/mol. The average Bonchev–Trinajstić information content (AvgIpc) is 2.03. The molecule has 0 bridgehead atoms. The van der Waals surface area contributed by atoms with Crippen molar-refractivity contribution >= 4 is 37.5 Å². The van der Waals surface area contributed by atoms with Crippen LogP contribution in [-0.2, 0) is 9.05 Å². The van der Waals surface area contributed by atoms with Gasteiger partial charge in [-0.2, -0.15) is 0 Å². The Kier molecular flexibility index (Phi) is 2.95. The first-order valence-electron chi connectivity index (χ1n) is 3.20. The summed E-state index contributed by atoms with van der Waals surface area (Å²) in [7, 11) is 1.28. The summed E-state index contributed by atoms with van der Waals surface area (Å²) >= 11 is 5.60. The summed E-state index contributed by atoms with van der Waals surface area (Å²) in [6.45, 7) is 0. The van der Waals surface area contributed by atoms with E-state index in [1.165, 1.54) is 18.2 Å². The zero-order valence-electron chi connectivity index (χ0n) is 6.29. The van der Waals surface area contributed by atoms with Crippen LogP contribution in [0.3, 0.4) is 0 Å². The normalized spacial score (nSPS) is 11.2. The molecule has 1 rings (SSSR count). The number of hydrogen-bond donors (Lipinski definition) is 1. The molecule has 0 aliphatic heterocycles. The van der Waals surface area contributed by atoms with E-state index in [1.807, 2.05) is 0 Å². The second-order valence-corrected chi connectivity index (χ2v) is 5.21. The lowest BCUT2D eigenvalue weighted by Gasteiger charge is -2.00. The van der Waals surface area contributed by atoms with Gasteiger partial charge in [0.2, 0.25) is 0 Å². The number of nitrogens with one attached hydrogen (secondary N) is 1. The molecule has 1 aromatic carbocycles. The van der Waals surface area contributed by atoms with Gasteiger partial charge in [-0.1, -0.05) is 17.7 Å². The molecule has 3 nitrogen and oxygen atoms in total. The van der Waals surface area contributed by atoms with Crippen molar-refractivity contribution in [2.45, 2.75) is 4.90 Å². The summed E-state index contributed by atoms with van der Waals surface area (Å²) in [6.07, 6.45) is 1.02. The molecule has 0 atom stereocenters. The molecular formula is C7H5Cl2NO2S. The van der Waals surface area contributed by atoms with Gasteiger partial charge >= 0.3 is 0 Å². The van der Waals surface area contributed by atoms with E-state index in [0.29, 0.717) is 5.56 Å². The highest BCUT2D eigenvalue weighted by Crippen LogP contribution is 2.24. The molecule has 70 valence electrons. The second-order valence-electron chi connectivity index (χ2n) is 2.27. The van der Waals surface area contributed by atoms with Crippen LogP contribution in [0, 0.1) is 5.41 Å². The highest BCUT2D eigenvalue weighted by atomic mass is 35.7. The largest absolute Gasteiger partial charge is 0.308 e. The Morgan fingerprint density at radius 2 is 2.00 bits per heavy atom. The van der Waals surface area contributed by atoms with E-state index in [0.717, 1.165) is 6.21 Å². The van der Waals surface area contributed by atoms with Crippen LogP contribution in [0.5, 0.6) is 0 Å². The maximum absolute atomic E-state index is 10.9. The van der Waals surface area contributed by atoms with Crippen LogP contribution in [0.25, 0.3) is 0 Å². The van der Waals surface area contributed by atoms with Crippen LogP contribution in [0.2, 0.25) is 5.02 Å². The lowest BCUT2D eigenvalue weighted by molar-refractivity contribution is 0.609. The Labute approximate surface area is 85.2 Å². The average molecular weight is 238 g/mol. The second kappa shape index (κ2) is 3.65. The first-order valence-corrected chi connectivity index (χ1v) is 5.88. The smallest absolute Gasteiger partial charge is 0.262 e. The van der Waals surface area contributed by atoms with E-state index in [1.54, 1.807) is 0 Å². The monoisotopic (exact) mass is 237 g/mol. The van der Waals surface area contributed by atoms with Crippen LogP contribution in [0.1, 0.15) is 5.56 Å². The molecule has 0 saturated heterocycles. The summed E-state index contributed by atoms with van der Waals surface area (Å²) in [5.41, 5.74) is 0.434. The third-order valence-corrected chi connectivity index (χ3v) is 3.19. The molecule has 0 aliphatic carbocycles. The van der Waals surface area contributed by atoms with E-state index in [-0.39, 0.29) is 9.92 Å². The van der Waals surface area contributed by atoms with Crippen molar-refractivity contribution in [3.8, 4) is 0 Å². The lowest BCUT2D eigenvalue weighted by atomic mass is 10.2. The van der Waals surface area contributed by atoms with Gasteiger partial charge in [0.15, 0.2) is 0 Å². The van der Waals surface area contributed by atoms with Gasteiger partial charge in [0.1, 0.15) is 4.90 Å². The molecule has 0 unspecified atom stereocenters. The third-order valence-electron chi connectivity index (χ3n) is 1.38. The molecule has 0 fully saturated rings. The number of halogens is 2. The molecule has 0 aliphatic rings. The van der Waals surface area contributed by atoms with Gasteiger partial charge in [-0.05, 0) is 17.7 Å². The predicted octanol–water partition coefficient (Wildman–Crippen LogP) is 2.27. The minimum absolute atomic E-state index is 0.0561. The Bertz CT molecular complexity index is 442. The third kappa shape index (κ3) is 2.43. The minimum Gasteiger partial charge on any atom is -0.308 e. The van der Waals surface area contributed by atoms with E-state index in [9.17, 15) is 8.42 Å². The van der Waals surface area contributed by atoms with Crippen molar-refractivity contribution in [2.75, 3.05) is 0 Å². The Hall–Kier alpha value is -0.580. The van der Waals surface area contributed by atoms with Gasteiger partial charge in [-0.3, -0.25) is 0 Å². The zero-order valence-corrected chi connectivity index (χ0v) is 8.62. The van der Waals surface area contributed by atoms with Gasteiger partial charge < -0.3 is 5.41 Å². The molecule has 0 amide bonds. The van der Waals surface area contributed by atoms with Crippen molar-refractivity contribution in [1.29, 1.82) is 5.41 Å².